The van der Waals surface area contributed by atoms with Crippen LogP contribution in [-0.4, -0.2) is 5.78 Å². The zero-order valence-electron chi connectivity index (χ0n) is 10.9. The molecular formula is C16H24O. The molecule has 94 valence electrons. The van der Waals surface area contributed by atoms with E-state index in [1.165, 1.54) is 44.9 Å². The Morgan fingerprint density at radius 1 is 0.941 bits per heavy atom. The van der Waals surface area contributed by atoms with Crippen LogP contribution in [0, 0.1) is 41.4 Å². The van der Waals surface area contributed by atoms with E-state index in [9.17, 15) is 4.79 Å². The molecule has 0 spiro atoms. The van der Waals surface area contributed by atoms with E-state index in [1.807, 2.05) is 0 Å². The van der Waals surface area contributed by atoms with Crippen LogP contribution in [0.2, 0.25) is 0 Å². The molecule has 0 amide bonds. The monoisotopic (exact) mass is 232 g/mol. The summed E-state index contributed by atoms with van der Waals surface area (Å²) in [6.07, 6.45) is 9.41. The highest BCUT2D eigenvalue weighted by molar-refractivity contribution is 5.87. The smallest absolute Gasteiger partial charge is 0.139 e. The third-order valence-corrected chi connectivity index (χ3v) is 6.40. The Kier molecular flexibility index (Phi) is 2.23. The van der Waals surface area contributed by atoms with Gasteiger partial charge in [-0.3, -0.25) is 4.79 Å². The van der Waals surface area contributed by atoms with E-state index < -0.39 is 0 Å². The molecular weight excluding hydrogens is 208 g/mol. The molecule has 0 heterocycles. The van der Waals surface area contributed by atoms with Crippen molar-refractivity contribution in [3.63, 3.8) is 0 Å². The van der Waals surface area contributed by atoms with E-state index in [2.05, 4.69) is 6.92 Å². The molecule has 2 bridgehead atoms. The second-order valence-corrected chi connectivity index (χ2v) is 7.38. The normalized spacial score (nSPS) is 55.7. The van der Waals surface area contributed by atoms with Crippen LogP contribution in [-0.2, 0) is 4.79 Å². The van der Waals surface area contributed by atoms with Gasteiger partial charge in [0.15, 0.2) is 0 Å². The van der Waals surface area contributed by atoms with Crippen LogP contribution < -0.4 is 0 Å². The maximum Gasteiger partial charge on any atom is 0.139 e. The van der Waals surface area contributed by atoms with Gasteiger partial charge < -0.3 is 0 Å². The number of hydrogen-bond acceptors (Lipinski definition) is 1. The molecule has 0 N–H and O–H groups in total. The number of carbonyl (C=O) groups excluding carboxylic acids is 1. The van der Waals surface area contributed by atoms with Gasteiger partial charge in [-0.25, -0.2) is 0 Å². The van der Waals surface area contributed by atoms with Crippen LogP contribution >= 0.6 is 0 Å². The number of carbonyl (C=O) groups is 1. The Morgan fingerprint density at radius 3 is 2.29 bits per heavy atom. The molecule has 4 aliphatic rings. The van der Waals surface area contributed by atoms with E-state index in [0.717, 1.165) is 29.6 Å². The molecule has 0 aromatic carbocycles. The van der Waals surface area contributed by atoms with Crippen LogP contribution in [0.15, 0.2) is 0 Å². The summed E-state index contributed by atoms with van der Waals surface area (Å²) in [5.41, 5.74) is 0. The van der Waals surface area contributed by atoms with Crippen LogP contribution in [0.4, 0.5) is 0 Å². The van der Waals surface area contributed by atoms with Crippen molar-refractivity contribution in [3.8, 4) is 0 Å². The Balaban J connectivity index is 1.45. The molecule has 1 nitrogen and oxygen atoms in total. The lowest BCUT2D eigenvalue weighted by Crippen LogP contribution is -2.25. The Labute approximate surface area is 104 Å². The number of hydrogen-bond donors (Lipinski definition) is 0. The minimum Gasteiger partial charge on any atom is -0.299 e. The highest BCUT2D eigenvalue weighted by Crippen LogP contribution is 2.70. The SMILES string of the molecule is CC1CCCC(C(=O)C2C3C4CCC(C4)C23)C1. The summed E-state index contributed by atoms with van der Waals surface area (Å²) in [4.78, 5) is 12.6. The van der Waals surface area contributed by atoms with Crippen molar-refractivity contribution in [1.29, 1.82) is 0 Å². The van der Waals surface area contributed by atoms with E-state index in [-0.39, 0.29) is 0 Å². The van der Waals surface area contributed by atoms with Gasteiger partial charge in [0.05, 0.1) is 0 Å². The average Bonchev–Trinajstić information content (AvgIpc) is 2.76. The van der Waals surface area contributed by atoms with Gasteiger partial charge in [-0.05, 0) is 61.7 Å². The largest absolute Gasteiger partial charge is 0.299 e. The Hall–Kier alpha value is -0.330. The number of ketones is 1. The second kappa shape index (κ2) is 3.59. The molecule has 4 fully saturated rings. The van der Waals surface area contributed by atoms with Gasteiger partial charge in [0.25, 0.3) is 0 Å². The highest BCUT2D eigenvalue weighted by atomic mass is 16.1. The number of rotatable bonds is 2. The van der Waals surface area contributed by atoms with E-state index in [0.29, 0.717) is 17.6 Å². The summed E-state index contributed by atoms with van der Waals surface area (Å²) in [6, 6.07) is 0. The summed E-state index contributed by atoms with van der Waals surface area (Å²) in [7, 11) is 0. The molecule has 1 heteroatoms. The zero-order chi connectivity index (χ0) is 11.6. The Bertz CT molecular complexity index is 331. The lowest BCUT2D eigenvalue weighted by Gasteiger charge is -2.26. The van der Waals surface area contributed by atoms with Crippen molar-refractivity contribution in [3.05, 3.63) is 0 Å². The standard InChI is InChI=1S/C16H24O/c1-9-3-2-4-12(7-9)16(17)15-13-10-5-6-11(8-10)14(13)15/h9-15H,2-8H2,1H3. The molecule has 0 aromatic rings. The van der Waals surface area contributed by atoms with Gasteiger partial charge in [-0.2, -0.15) is 0 Å². The summed E-state index contributed by atoms with van der Waals surface area (Å²) in [6.45, 7) is 2.33. The maximum atomic E-state index is 12.6. The highest BCUT2D eigenvalue weighted by Gasteiger charge is 2.67. The molecule has 4 rings (SSSR count). The molecule has 4 saturated carbocycles. The van der Waals surface area contributed by atoms with E-state index in [4.69, 9.17) is 0 Å². The number of Topliss-reactive ketones (excluding diaryl/α,β-unsaturated/α-hetero) is 1. The Morgan fingerprint density at radius 2 is 1.65 bits per heavy atom. The molecule has 6 atom stereocenters. The molecule has 6 unspecified atom stereocenters. The first-order valence-electron chi connectivity index (χ1n) is 7.79. The predicted octanol–water partition coefficient (Wildman–Crippen LogP) is 3.67. The fourth-order valence-electron chi connectivity index (χ4n) is 5.67. The van der Waals surface area contributed by atoms with Crippen molar-refractivity contribution >= 4 is 5.78 Å². The van der Waals surface area contributed by atoms with Gasteiger partial charge in [-0.15, -0.1) is 0 Å². The van der Waals surface area contributed by atoms with Gasteiger partial charge in [-0.1, -0.05) is 19.8 Å². The lowest BCUT2D eigenvalue weighted by molar-refractivity contribution is -0.126. The van der Waals surface area contributed by atoms with Crippen molar-refractivity contribution < 1.29 is 4.79 Å². The molecule has 0 aromatic heterocycles. The van der Waals surface area contributed by atoms with Crippen molar-refractivity contribution in [1.82, 2.24) is 0 Å². The van der Waals surface area contributed by atoms with Crippen LogP contribution in [0.5, 0.6) is 0 Å². The molecule has 17 heavy (non-hydrogen) atoms. The molecule has 0 radical (unpaired) electrons. The van der Waals surface area contributed by atoms with E-state index in [1.54, 1.807) is 0 Å². The van der Waals surface area contributed by atoms with Gasteiger partial charge in [0, 0.05) is 11.8 Å². The summed E-state index contributed by atoms with van der Waals surface area (Å²) < 4.78 is 0. The first-order chi connectivity index (χ1) is 8.25. The molecule has 4 aliphatic carbocycles. The zero-order valence-corrected chi connectivity index (χ0v) is 10.9. The fraction of sp³-hybridized carbons (Fsp3) is 0.938. The maximum absolute atomic E-state index is 12.6. The lowest BCUT2D eigenvalue weighted by atomic mass is 9.78. The van der Waals surface area contributed by atoms with E-state index >= 15 is 0 Å². The first kappa shape index (κ1) is 10.6. The van der Waals surface area contributed by atoms with Crippen LogP contribution in [0.1, 0.15) is 51.9 Å². The summed E-state index contributed by atoms with van der Waals surface area (Å²) in [5.74, 6) is 6.12. The minimum absolute atomic E-state index is 0.453. The quantitative estimate of drug-likeness (QED) is 0.710. The summed E-state index contributed by atoms with van der Waals surface area (Å²) >= 11 is 0. The van der Waals surface area contributed by atoms with Gasteiger partial charge >= 0.3 is 0 Å². The topological polar surface area (TPSA) is 17.1 Å². The van der Waals surface area contributed by atoms with Crippen LogP contribution in [0.25, 0.3) is 0 Å². The average molecular weight is 232 g/mol. The molecule has 0 aliphatic heterocycles. The minimum atomic E-state index is 0.453. The molecule has 0 saturated heterocycles. The van der Waals surface area contributed by atoms with Crippen LogP contribution in [0.3, 0.4) is 0 Å². The number of fused-ring (bicyclic) bond motifs is 5. The first-order valence-corrected chi connectivity index (χ1v) is 7.79. The van der Waals surface area contributed by atoms with Crippen molar-refractivity contribution in [2.75, 3.05) is 0 Å². The second-order valence-electron chi connectivity index (χ2n) is 7.38. The third-order valence-electron chi connectivity index (χ3n) is 6.40. The van der Waals surface area contributed by atoms with Crippen molar-refractivity contribution in [2.45, 2.75) is 51.9 Å². The summed E-state index contributed by atoms with van der Waals surface area (Å²) in [5, 5.41) is 0. The van der Waals surface area contributed by atoms with Gasteiger partial charge in [0.1, 0.15) is 5.78 Å². The third kappa shape index (κ3) is 1.47. The predicted molar refractivity (Wildman–Crippen MR) is 67.4 cm³/mol. The fourth-order valence-corrected chi connectivity index (χ4v) is 5.67. The van der Waals surface area contributed by atoms with Gasteiger partial charge in [0.2, 0.25) is 0 Å². The van der Waals surface area contributed by atoms with Crippen molar-refractivity contribution in [2.24, 2.45) is 41.4 Å².